The smallest absolute Gasteiger partial charge is 0.255 e. The molecule has 0 radical (unpaired) electrons. The molecule has 1 fully saturated rings. The normalized spacial score (nSPS) is 15.8. The van der Waals surface area contributed by atoms with Gasteiger partial charge >= 0.3 is 0 Å². The summed E-state index contributed by atoms with van der Waals surface area (Å²) in [6.07, 6.45) is 4.39. The van der Waals surface area contributed by atoms with E-state index in [1.807, 2.05) is 24.3 Å². The Kier molecular flexibility index (Phi) is 5.00. The molecule has 1 saturated heterocycles. The molecule has 0 atom stereocenters. The summed E-state index contributed by atoms with van der Waals surface area (Å²) in [4.78, 5) is 18.2. The summed E-state index contributed by atoms with van der Waals surface area (Å²) in [7, 11) is -3.14. The van der Waals surface area contributed by atoms with Gasteiger partial charge in [0, 0.05) is 55.5 Å². The average molecular weight is 360 g/mol. The first kappa shape index (κ1) is 17.4. The van der Waals surface area contributed by atoms with Gasteiger partial charge < -0.3 is 10.2 Å². The third kappa shape index (κ3) is 4.34. The fraction of sp³-hybridized carbons (Fsp3) is 0.294. The van der Waals surface area contributed by atoms with Gasteiger partial charge in [0.25, 0.3) is 5.91 Å². The Morgan fingerprint density at radius 2 is 1.76 bits per heavy atom. The van der Waals surface area contributed by atoms with Crippen LogP contribution in [0.4, 0.5) is 11.4 Å². The van der Waals surface area contributed by atoms with E-state index in [1.165, 1.54) is 10.6 Å². The number of hydrogen-bond acceptors (Lipinski definition) is 5. The van der Waals surface area contributed by atoms with E-state index in [2.05, 4.69) is 15.2 Å². The Labute approximate surface area is 147 Å². The number of aromatic nitrogens is 1. The third-order valence-electron chi connectivity index (χ3n) is 4.12. The second-order valence-electron chi connectivity index (χ2n) is 5.89. The van der Waals surface area contributed by atoms with Gasteiger partial charge in [0.2, 0.25) is 10.0 Å². The SMILES string of the molecule is CS(=O)(=O)N1CCN(c2cccc(NC(=O)c3ccncc3)c2)CC1. The second-order valence-corrected chi connectivity index (χ2v) is 7.87. The number of nitrogens with zero attached hydrogens (tertiary/aromatic N) is 3. The van der Waals surface area contributed by atoms with Crippen LogP contribution in [0.5, 0.6) is 0 Å². The van der Waals surface area contributed by atoms with Crippen LogP contribution in [0.2, 0.25) is 0 Å². The summed E-state index contributed by atoms with van der Waals surface area (Å²) in [6.45, 7) is 2.17. The number of nitrogens with one attached hydrogen (secondary N) is 1. The Bertz CT molecular complexity index is 847. The van der Waals surface area contributed by atoms with E-state index < -0.39 is 10.0 Å². The summed E-state index contributed by atoms with van der Waals surface area (Å²) in [5.41, 5.74) is 2.20. The van der Waals surface area contributed by atoms with Crippen LogP contribution in [0, 0.1) is 0 Å². The summed E-state index contributed by atoms with van der Waals surface area (Å²) >= 11 is 0. The van der Waals surface area contributed by atoms with Crippen molar-refractivity contribution in [1.29, 1.82) is 0 Å². The lowest BCUT2D eigenvalue weighted by atomic mass is 10.2. The van der Waals surface area contributed by atoms with Gasteiger partial charge in [-0.25, -0.2) is 8.42 Å². The molecule has 1 N–H and O–H groups in total. The highest BCUT2D eigenvalue weighted by Crippen LogP contribution is 2.22. The molecule has 25 heavy (non-hydrogen) atoms. The molecule has 0 spiro atoms. The highest BCUT2D eigenvalue weighted by Gasteiger charge is 2.23. The number of carbonyl (C=O) groups excluding carboxylic acids is 1. The maximum absolute atomic E-state index is 12.2. The zero-order chi connectivity index (χ0) is 17.9. The highest BCUT2D eigenvalue weighted by molar-refractivity contribution is 7.88. The van der Waals surface area contributed by atoms with Crippen LogP contribution >= 0.6 is 0 Å². The van der Waals surface area contributed by atoms with Crippen LogP contribution in [0.15, 0.2) is 48.8 Å². The van der Waals surface area contributed by atoms with Gasteiger partial charge in [-0.2, -0.15) is 4.31 Å². The summed E-state index contributed by atoms with van der Waals surface area (Å²) in [6, 6.07) is 10.9. The molecule has 132 valence electrons. The molecular weight excluding hydrogens is 340 g/mol. The lowest BCUT2D eigenvalue weighted by molar-refractivity contribution is 0.102. The number of amides is 1. The molecule has 0 bridgehead atoms. The lowest BCUT2D eigenvalue weighted by Crippen LogP contribution is -2.48. The number of benzene rings is 1. The van der Waals surface area contributed by atoms with Crippen LogP contribution in [-0.2, 0) is 10.0 Å². The number of pyridine rings is 1. The monoisotopic (exact) mass is 360 g/mol. The zero-order valence-corrected chi connectivity index (χ0v) is 14.7. The van der Waals surface area contributed by atoms with E-state index in [9.17, 15) is 13.2 Å². The van der Waals surface area contributed by atoms with Gasteiger partial charge in [0.05, 0.1) is 6.26 Å². The van der Waals surface area contributed by atoms with Crippen molar-refractivity contribution in [2.75, 3.05) is 42.7 Å². The molecular formula is C17H20N4O3S. The Morgan fingerprint density at radius 1 is 1.08 bits per heavy atom. The second kappa shape index (κ2) is 7.20. The Balaban J connectivity index is 1.67. The number of sulfonamides is 1. The Hall–Kier alpha value is -2.45. The minimum Gasteiger partial charge on any atom is -0.369 e. The van der Waals surface area contributed by atoms with Crippen molar-refractivity contribution in [3.63, 3.8) is 0 Å². The van der Waals surface area contributed by atoms with Crippen molar-refractivity contribution in [1.82, 2.24) is 9.29 Å². The molecule has 0 unspecified atom stereocenters. The van der Waals surface area contributed by atoms with Crippen molar-refractivity contribution in [2.45, 2.75) is 0 Å². The molecule has 7 nitrogen and oxygen atoms in total. The molecule has 0 aliphatic carbocycles. The van der Waals surface area contributed by atoms with Crippen LogP contribution in [-0.4, -0.2) is 56.0 Å². The number of hydrogen-bond donors (Lipinski definition) is 1. The summed E-state index contributed by atoms with van der Waals surface area (Å²) in [5.74, 6) is -0.193. The fourth-order valence-electron chi connectivity index (χ4n) is 2.76. The number of anilines is 2. The lowest BCUT2D eigenvalue weighted by Gasteiger charge is -2.34. The first-order valence-electron chi connectivity index (χ1n) is 7.95. The maximum atomic E-state index is 12.2. The van der Waals surface area contributed by atoms with Crippen LogP contribution in [0.3, 0.4) is 0 Å². The van der Waals surface area contributed by atoms with Crippen molar-refractivity contribution >= 4 is 27.3 Å². The van der Waals surface area contributed by atoms with Crippen molar-refractivity contribution < 1.29 is 13.2 Å². The van der Waals surface area contributed by atoms with E-state index in [-0.39, 0.29) is 5.91 Å². The fourth-order valence-corrected chi connectivity index (χ4v) is 3.59. The van der Waals surface area contributed by atoms with E-state index in [0.29, 0.717) is 37.4 Å². The van der Waals surface area contributed by atoms with E-state index in [1.54, 1.807) is 24.5 Å². The minimum atomic E-state index is -3.14. The topological polar surface area (TPSA) is 82.6 Å². The van der Waals surface area contributed by atoms with Crippen LogP contribution in [0.1, 0.15) is 10.4 Å². The highest BCUT2D eigenvalue weighted by atomic mass is 32.2. The van der Waals surface area contributed by atoms with Gasteiger partial charge in [0.1, 0.15) is 0 Å². The quantitative estimate of drug-likeness (QED) is 0.892. The zero-order valence-electron chi connectivity index (χ0n) is 13.9. The Morgan fingerprint density at radius 3 is 2.40 bits per heavy atom. The molecule has 1 aliphatic heterocycles. The first-order valence-corrected chi connectivity index (χ1v) is 9.80. The molecule has 0 saturated carbocycles. The number of rotatable bonds is 4. The number of carbonyl (C=O) groups is 1. The predicted molar refractivity (Wildman–Crippen MR) is 97.3 cm³/mol. The third-order valence-corrected chi connectivity index (χ3v) is 5.42. The van der Waals surface area contributed by atoms with Crippen LogP contribution < -0.4 is 10.2 Å². The van der Waals surface area contributed by atoms with E-state index in [4.69, 9.17) is 0 Å². The molecule has 2 heterocycles. The molecule has 3 rings (SSSR count). The van der Waals surface area contributed by atoms with Gasteiger partial charge in [-0.05, 0) is 30.3 Å². The molecule has 1 aliphatic rings. The van der Waals surface area contributed by atoms with Gasteiger partial charge in [-0.1, -0.05) is 6.07 Å². The molecule has 1 amide bonds. The van der Waals surface area contributed by atoms with Crippen molar-refractivity contribution in [3.05, 3.63) is 54.4 Å². The van der Waals surface area contributed by atoms with Gasteiger partial charge in [-0.3, -0.25) is 9.78 Å². The first-order chi connectivity index (χ1) is 11.9. The molecule has 2 aromatic rings. The predicted octanol–water partition coefficient (Wildman–Crippen LogP) is 1.42. The van der Waals surface area contributed by atoms with Crippen LogP contribution in [0.25, 0.3) is 0 Å². The number of piperazine rings is 1. The minimum absolute atomic E-state index is 0.193. The average Bonchev–Trinajstić information content (AvgIpc) is 2.62. The van der Waals surface area contributed by atoms with Gasteiger partial charge in [-0.15, -0.1) is 0 Å². The molecule has 1 aromatic heterocycles. The largest absolute Gasteiger partial charge is 0.369 e. The maximum Gasteiger partial charge on any atom is 0.255 e. The van der Waals surface area contributed by atoms with Gasteiger partial charge in [0.15, 0.2) is 0 Å². The van der Waals surface area contributed by atoms with Crippen molar-refractivity contribution in [2.24, 2.45) is 0 Å². The van der Waals surface area contributed by atoms with E-state index in [0.717, 1.165) is 5.69 Å². The molecule has 8 heteroatoms. The summed E-state index contributed by atoms with van der Waals surface area (Å²) in [5, 5.41) is 2.87. The standard InChI is InChI=1S/C17H20N4O3S/c1-25(23,24)21-11-9-20(10-12-21)16-4-2-3-15(13-16)19-17(22)14-5-7-18-8-6-14/h2-8,13H,9-12H2,1H3,(H,19,22). The summed E-state index contributed by atoms with van der Waals surface area (Å²) < 4.78 is 24.7. The molecule has 1 aromatic carbocycles. The van der Waals surface area contributed by atoms with E-state index >= 15 is 0 Å². The van der Waals surface area contributed by atoms with Crippen molar-refractivity contribution in [3.8, 4) is 0 Å².